The molecule has 0 saturated heterocycles. The Labute approximate surface area is 114 Å². The van der Waals surface area contributed by atoms with Gasteiger partial charge in [0, 0.05) is 3.92 Å². The third-order valence-corrected chi connectivity index (χ3v) is 3.45. The minimum absolute atomic E-state index is 0.626. The van der Waals surface area contributed by atoms with Crippen molar-refractivity contribution in [1.29, 1.82) is 0 Å². The molecule has 0 spiro atoms. The van der Waals surface area contributed by atoms with Gasteiger partial charge in [-0.2, -0.15) is 39.5 Å². The number of rotatable bonds is 4. The topological polar surface area (TPSA) is 0 Å². The third kappa shape index (κ3) is 5.90. The molecule has 0 radical (unpaired) electrons. The van der Waals surface area contributed by atoms with Crippen LogP contribution in [0.4, 0.5) is 43.9 Å². The maximum Gasteiger partial charge on any atom is 0.401 e. The van der Waals surface area contributed by atoms with Crippen molar-refractivity contribution in [2.24, 2.45) is 11.8 Å². The van der Waals surface area contributed by atoms with E-state index in [1.807, 2.05) is 0 Å². The zero-order valence-electron chi connectivity index (χ0n) is 8.80. The van der Waals surface area contributed by atoms with Gasteiger partial charge < -0.3 is 0 Å². The van der Waals surface area contributed by atoms with Crippen LogP contribution in [-0.4, -0.2) is 29.1 Å². The lowest BCUT2D eigenvalue weighted by molar-refractivity contribution is -0.284. The molecule has 0 heterocycles. The molecule has 0 saturated carbocycles. The van der Waals surface area contributed by atoms with Gasteiger partial charge in [-0.1, -0.05) is 22.6 Å². The highest BCUT2D eigenvalue weighted by atomic mass is 127. The van der Waals surface area contributed by atoms with Crippen LogP contribution in [0, 0.1) is 11.8 Å². The molecule has 0 nitrogen and oxygen atoms in total. The van der Waals surface area contributed by atoms with Crippen LogP contribution in [0.1, 0.15) is 6.42 Å². The predicted octanol–water partition coefficient (Wildman–Crippen LogP) is 5.07. The monoisotopic (exact) mass is 420 g/mol. The van der Waals surface area contributed by atoms with Crippen molar-refractivity contribution in [3.63, 3.8) is 0 Å². The van der Waals surface area contributed by atoms with Crippen molar-refractivity contribution in [1.82, 2.24) is 0 Å². The molecule has 19 heavy (non-hydrogen) atoms. The maximum atomic E-state index is 12.2. The molecule has 0 aromatic carbocycles. The van der Waals surface area contributed by atoms with Gasteiger partial charge in [0.15, 0.2) is 5.92 Å². The minimum atomic E-state index is -5.74. The molecule has 0 aliphatic heterocycles. The molecule has 0 amide bonds. The van der Waals surface area contributed by atoms with Crippen LogP contribution in [0.15, 0.2) is 0 Å². The third-order valence-electron chi connectivity index (χ3n) is 2.23. The first-order valence-electron chi connectivity index (χ1n) is 4.61. The summed E-state index contributed by atoms with van der Waals surface area (Å²) in [5, 5.41) is 0. The molecule has 0 aromatic rings. The molecular formula is C8H7F10I. The van der Waals surface area contributed by atoms with Gasteiger partial charge in [0.1, 0.15) is 6.67 Å². The summed E-state index contributed by atoms with van der Waals surface area (Å²) in [5.74, 6) is -6.77. The normalized spacial score (nSPS) is 17.7. The average molecular weight is 420 g/mol. The zero-order valence-corrected chi connectivity index (χ0v) is 11.0. The van der Waals surface area contributed by atoms with E-state index >= 15 is 0 Å². The van der Waals surface area contributed by atoms with Gasteiger partial charge in [-0.3, -0.25) is 4.39 Å². The Bertz CT molecular complexity index is 263. The fraction of sp³-hybridized carbons (Fsp3) is 1.00. The van der Waals surface area contributed by atoms with Crippen LogP contribution in [0.3, 0.4) is 0 Å². The summed E-state index contributed by atoms with van der Waals surface area (Å²) in [6.45, 7) is -2.06. The van der Waals surface area contributed by atoms with Crippen molar-refractivity contribution >= 4 is 22.6 Å². The van der Waals surface area contributed by atoms with Crippen LogP contribution in [0.25, 0.3) is 0 Å². The number of halogens is 11. The van der Waals surface area contributed by atoms with E-state index < -0.39 is 47.4 Å². The summed E-state index contributed by atoms with van der Waals surface area (Å²) in [6, 6.07) is 0. The Morgan fingerprint density at radius 2 is 1.11 bits per heavy atom. The molecule has 116 valence electrons. The Balaban J connectivity index is 5.09. The van der Waals surface area contributed by atoms with Crippen molar-refractivity contribution in [3.8, 4) is 0 Å². The lowest BCUT2D eigenvalue weighted by Crippen LogP contribution is -2.44. The summed E-state index contributed by atoms with van der Waals surface area (Å²) in [6.07, 6.45) is -18.3. The summed E-state index contributed by atoms with van der Waals surface area (Å²) in [5.41, 5.74) is 0. The molecule has 2 unspecified atom stereocenters. The minimum Gasteiger partial charge on any atom is -0.250 e. The Hall–Kier alpha value is 0.0300. The predicted molar refractivity (Wildman–Crippen MR) is 53.5 cm³/mol. The molecule has 11 heteroatoms. The van der Waals surface area contributed by atoms with Crippen molar-refractivity contribution in [2.75, 3.05) is 6.67 Å². The molecule has 0 aliphatic carbocycles. The van der Waals surface area contributed by atoms with Crippen LogP contribution >= 0.6 is 22.6 Å². The van der Waals surface area contributed by atoms with E-state index in [0.717, 1.165) is 0 Å². The highest BCUT2D eigenvalue weighted by Crippen LogP contribution is 2.46. The molecular weight excluding hydrogens is 413 g/mol. The van der Waals surface area contributed by atoms with Crippen molar-refractivity contribution < 1.29 is 43.9 Å². The molecule has 0 N–H and O–H groups in total. The summed E-state index contributed by atoms with van der Waals surface area (Å²) in [7, 11) is 0. The number of alkyl halides is 11. The lowest BCUT2D eigenvalue weighted by atomic mass is 9.95. The molecule has 0 aromatic heterocycles. The van der Waals surface area contributed by atoms with Gasteiger partial charge in [-0.15, -0.1) is 0 Å². The second-order valence-corrected chi connectivity index (χ2v) is 5.31. The van der Waals surface area contributed by atoms with E-state index in [1.54, 1.807) is 0 Å². The zero-order chi connectivity index (χ0) is 15.6. The van der Waals surface area contributed by atoms with Crippen LogP contribution in [-0.2, 0) is 0 Å². The van der Waals surface area contributed by atoms with E-state index in [9.17, 15) is 43.9 Å². The van der Waals surface area contributed by atoms with Gasteiger partial charge >= 0.3 is 18.5 Å². The first kappa shape index (κ1) is 19.0. The van der Waals surface area contributed by atoms with E-state index in [2.05, 4.69) is 0 Å². The smallest absolute Gasteiger partial charge is 0.250 e. The van der Waals surface area contributed by atoms with E-state index in [0.29, 0.717) is 22.6 Å². The average Bonchev–Trinajstić information content (AvgIpc) is 2.06. The Kier molecular flexibility index (Phi) is 6.21. The van der Waals surface area contributed by atoms with Gasteiger partial charge in [0.05, 0.1) is 5.92 Å². The fourth-order valence-corrected chi connectivity index (χ4v) is 2.72. The highest BCUT2D eigenvalue weighted by molar-refractivity contribution is 14.1. The van der Waals surface area contributed by atoms with Gasteiger partial charge in [0.2, 0.25) is 0 Å². The quantitative estimate of drug-likeness (QED) is 0.339. The lowest BCUT2D eigenvalue weighted by Gasteiger charge is -2.29. The highest BCUT2D eigenvalue weighted by Gasteiger charge is 2.60. The summed E-state index contributed by atoms with van der Waals surface area (Å²) < 4.78 is 119. The second kappa shape index (κ2) is 6.20. The van der Waals surface area contributed by atoms with Gasteiger partial charge in [0.25, 0.3) is 0 Å². The summed E-state index contributed by atoms with van der Waals surface area (Å²) >= 11 is 0.626. The van der Waals surface area contributed by atoms with Crippen molar-refractivity contribution in [3.05, 3.63) is 0 Å². The van der Waals surface area contributed by atoms with Gasteiger partial charge in [-0.25, -0.2) is 0 Å². The van der Waals surface area contributed by atoms with Gasteiger partial charge in [-0.05, 0) is 6.42 Å². The molecule has 2 atom stereocenters. The van der Waals surface area contributed by atoms with Crippen LogP contribution in [0.5, 0.6) is 0 Å². The largest absolute Gasteiger partial charge is 0.401 e. The standard InChI is InChI=1S/C8H7F10I/c9-2-3(6(10,11)12)1-4(19)5(7(13,14)15)8(16,17)18/h3-5H,1-2H2. The number of hydrogen-bond donors (Lipinski definition) is 0. The second-order valence-electron chi connectivity index (χ2n) is 3.71. The van der Waals surface area contributed by atoms with E-state index in [4.69, 9.17) is 0 Å². The van der Waals surface area contributed by atoms with Crippen LogP contribution in [0.2, 0.25) is 0 Å². The first-order valence-corrected chi connectivity index (χ1v) is 5.86. The number of hydrogen-bond acceptors (Lipinski definition) is 0. The molecule has 0 bridgehead atoms. The van der Waals surface area contributed by atoms with Crippen LogP contribution < -0.4 is 0 Å². The Morgan fingerprint density at radius 3 is 1.32 bits per heavy atom. The molecule has 0 aliphatic rings. The molecule has 0 rings (SSSR count). The van der Waals surface area contributed by atoms with Crippen molar-refractivity contribution in [2.45, 2.75) is 28.9 Å². The SMILES string of the molecule is FCC(CC(I)C(C(F)(F)F)C(F)(F)F)C(F)(F)F. The Morgan fingerprint density at radius 1 is 0.737 bits per heavy atom. The fourth-order valence-electron chi connectivity index (χ4n) is 1.29. The maximum absolute atomic E-state index is 12.2. The summed E-state index contributed by atoms with van der Waals surface area (Å²) in [4.78, 5) is 0. The van der Waals surface area contributed by atoms with E-state index in [-0.39, 0.29) is 0 Å². The molecule has 0 fully saturated rings. The van der Waals surface area contributed by atoms with E-state index in [1.165, 1.54) is 0 Å². The first-order chi connectivity index (χ1) is 8.21.